The molecule has 0 fully saturated rings. The Morgan fingerprint density at radius 3 is 2.53 bits per heavy atom. The summed E-state index contributed by atoms with van der Waals surface area (Å²) in [6, 6.07) is 8.63. The van der Waals surface area contributed by atoms with Crippen LogP contribution in [0.2, 0.25) is 0 Å². The molecule has 19 heavy (non-hydrogen) atoms. The number of alkyl carbamates (subject to hydrolysis) is 1. The number of ketones is 1. The third-order valence-electron chi connectivity index (χ3n) is 2.45. The van der Waals surface area contributed by atoms with Gasteiger partial charge in [-0.2, -0.15) is 0 Å². The van der Waals surface area contributed by atoms with E-state index in [1.807, 2.05) is 30.3 Å². The van der Waals surface area contributed by atoms with Crippen LogP contribution in [-0.4, -0.2) is 17.9 Å². The Balaban J connectivity index is 2.46. The van der Waals surface area contributed by atoms with Crippen molar-refractivity contribution in [1.82, 2.24) is 5.32 Å². The second-order valence-electron chi connectivity index (χ2n) is 3.89. The standard InChI is InChI=1S/C15H17NO3/c1-3-8-13(14(17)4-2)16-15(18)19-11-12-9-6-5-7-10-12/h3-7,9-10,13H,1-2,8,11H2,(H,16,18). The first-order chi connectivity index (χ1) is 9.17. The monoisotopic (exact) mass is 259 g/mol. The number of carbonyl (C=O) groups is 2. The number of rotatable bonds is 7. The summed E-state index contributed by atoms with van der Waals surface area (Å²) in [5.74, 6) is -0.267. The molecular formula is C15H17NO3. The summed E-state index contributed by atoms with van der Waals surface area (Å²) in [6.45, 7) is 7.09. The second-order valence-corrected chi connectivity index (χ2v) is 3.89. The summed E-state index contributed by atoms with van der Waals surface area (Å²) in [7, 11) is 0. The lowest BCUT2D eigenvalue weighted by Gasteiger charge is -2.14. The zero-order valence-corrected chi connectivity index (χ0v) is 10.7. The Labute approximate surface area is 112 Å². The fourth-order valence-electron chi connectivity index (χ4n) is 1.46. The molecule has 0 aliphatic heterocycles. The van der Waals surface area contributed by atoms with E-state index in [9.17, 15) is 9.59 Å². The van der Waals surface area contributed by atoms with Gasteiger partial charge in [0.05, 0.1) is 6.04 Å². The van der Waals surface area contributed by atoms with Crippen LogP contribution in [0.3, 0.4) is 0 Å². The van der Waals surface area contributed by atoms with E-state index in [1.54, 1.807) is 6.08 Å². The number of nitrogens with one attached hydrogen (secondary N) is 1. The highest BCUT2D eigenvalue weighted by molar-refractivity contribution is 5.95. The number of hydrogen-bond acceptors (Lipinski definition) is 3. The number of carbonyl (C=O) groups excluding carboxylic acids is 2. The van der Waals surface area contributed by atoms with Crippen molar-refractivity contribution in [2.45, 2.75) is 19.1 Å². The zero-order chi connectivity index (χ0) is 14.1. The molecule has 0 aliphatic rings. The van der Waals surface area contributed by atoms with Crippen LogP contribution >= 0.6 is 0 Å². The van der Waals surface area contributed by atoms with Crippen LogP contribution < -0.4 is 5.32 Å². The average molecular weight is 259 g/mol. The van der Waals surface area contributed by atoms with E-state index < -0.39 is 12.1 Å². The first-order valence-corrected chi connectivity index (χ1v) is 5.91. The van der Waals surface area contributed by atoms with Crippen molar-refractivity contribution in [3.05, 3.63) is 61.2 Å². The van der Waals surface area contributed by atoms with Crippen molar-refractivity contribution < 1.29 is 14.3 Å². The predicted molar refractivity (Wildman–Crippen MR) is 73.6 cm³/mol. The van der Waals surface area contributed by atoms with Crippen molar-refractivity contribution in [3.8, 4) is 0 Å². The Morgan fingerprint density at radius 1 is 1.26 bits per heavy atom. The van der Waals surface area contributed by atoms with E-state index in [0.29, 0.717) is 6.42 Å². The summed E-state index contributed by atoms with van der Waals surface area (Å²) >= 11 is 0. The van der Waals surface area contributed by atoms with Crippen LogP contribution in [0.1, 0.15) is 12.0 Å². The maximum Gasteiger partial charge on any atom is 0.408 e. The largest absolute Gasteiger partial charge is 0.445 e. The molecule has 0 aromatic heterocycles. The van der Waals surface area contributed by atoms with Crippen LogP contribution in [0.4, 0.5) is 4.79 Å². The van der Waals surface area contributed by atoms with Crippen LogP contribution in [0.5, 0.6) is 0 Å². The molecule has 0 bridgehead atoms. The summed E-state index contributed by atoms with van der Waals surface area (Å²) in [5.41, 5.74) is 0.882. The van der Waals surface area contributed by atoms with Crippen molar-refractivity contribution in [1.29, 1.82) is 0 Å². The molecule has 4 nitrogen and oxygen atoms in total. The van der Waals surface area contributed by atoms with Gasteiger partial charge in [0.1, 0.15) is 6.61 Å². The molecule has 4 heteroatoms. The quantitative estimate of drug-likeness (QED) is 0.605. The summed E-state index contributed by atoms with van der Waals surface area (Å²) in [6.07, 6.45) is 2.44. The molecule has 100 valence electrons. The minimum Gasteiger partial charge on any atom is -0.445 e. The molecule has 1 aromatic rings. The predicted octanol–water partition coefficient (Wildman–Crippen LogP) is 2.61. The summed E-state index contributed by atoms with van der Waals surface area (Å²) in [5, 5.41) is 2.49. The average Bonchev–Trinajstić information content (AvgIpc) is 2.45. The molecule has 1 unspecified atom stereocenters. The van der Waals surface area contributed by atoms with E-state index in [2.05, 4.69) is 18.5 Å². The van der Waals surface area contributed by atoms with Gasteiger partial charge in [0.15, 0.2) is 5.78 Å². The Bertz CT molecular complexity index is 454. The molecule has 0 heterocycles. The van der Waals surface area contributed by atoms with E-state index in [4.69, 9.17) is 4.74 Å². The lowest BCUT2D eigenvalue weighted by molar-refractivity contribution is -0.116. The smallest absolute Gasteiger partial charge is 0.408 e. The van der Waals surface area contributed by atoms with Gasteiger partial charge in [-0.25, -0.2) is 4.79 Å². The Hall–Kier alpha value is -2.36. The van der Waals surface area contributed by atoms with Crippen LogP contribution in [0, 0.1) is 0 Å². The molecule has 1 atom stereocenters. The number of amides is 1. The van der Waals surface area contributed by atoms with Crippen LogP contribution in [0.15, 0.2) is 55.6 Å². The number of hydrogen-bond donors (Lipinski definition) is 1. The van der Waals surface area contributed by atoms with Crippen LogP contribution in [0.25, 0.3) is 0 Å². The van der Waals surface area contributed by atoms with Gasteiger partial charge in [-0.3, -0.25) is 4.79 Å². The molecule has 1 aromatic carbocycles. The maximum absolute atomic E-state index is 11.6. The molecular weight excluding hydrogens is 242 g/mol. The van der Waals surface area contributed by atoms with Gasteiger partial charge < -0.3 is 10.1 Å². The Kier molecular flexibility index (Phi) is 6.09. The lowest BCUT2D eigenvalue weighted by Crippen LogP contribution is -2.39. The fraction of sp³-hybridized carbons (Fsp3) is 0.200. The third kappa shape index (κ3) is 5.21. The molecule has 0 saturated carbocycles. The molecule has 0 saturated heterocycles. The maximum atomic E-state index is 11.6. The summed E-state index contributed by atoms with van der Waals surface area (Å²) < 4.78 is 5.03. The van der Waals surface area contributed by atoms with Gasteiger partial charge in [-0.1, -0.05) is 43.0 Å². The first-order valence-electron chi connectivity index (χ1n) is 5.91. The SMILES string of the molecule is C=CCC(NC(=O)OCc1ccccc1)C(=O)C=C. The number of ether oxygens (including phenoxy) is 1. The van der Waals surface area contributed by atoms with Crippen molar-refractivity contribution >= 4 is 11.9 Å². The first kappa shape index (κ1) is 14.7. The topological polar surface area (TPSA) is 55.4 Å². The molecule has 1 N–H and O–H groups in total. The van der Waals surface area contributed by atoms with Gasteiger partial charge in [-0.05, 0) is 18.1 Å². The lowest BCUT2D eigenvalue weighted by atomic mass is 10.1. The third-order valence-corrected chi connectivity index (χ3v) is 2.45. The fourth-order valence-corrected chi connectivity index (χ4v) is 1.46. The van der Waals surface area contributed by atoms with E-state index >= 15 is 0 Å². The molecule has 1 amide bonds. The van der Waals surface area contributed by atoms with Crippen molar-refractivity contribution in [2.24, 2.45) is 0 Å². The van der Waals surface area contributed by atoms with Gasteiger partial charge in [-0.15, -0.1) is 6.58 Å². The second kappa shape index (κ2) is 7.87. The van der Waals surface area contributed by atoms with E-state index in [-0.39, 0.29) is 12.4 Å². The van der Waals surface area contributed by atoms with Crippen molar-refractivity contribution in [2.75, 3.05) is 0 Å². The highest BCUT2D eigenvalue weighted by Crippen LogP contribution is 2.02. The highest BCUT2D eigenvalue weighted by atomic mass is 16.5. The number of benzene rings is 1. The van der Waals surface area contributed by atoms with Crippen LogP contribution in [-0.2, 0) is 16.1 Å². The minimum absolute atomic E-state index is 0.162. The summed E-state index contributed by atoms with van der Waals surface area (Å²) in [4.78, 5) is 23.0. The van der Waals surface area contributed by atoms with Gasteiger partial charge in [0, 0.05) is 0 Å². The Morgan fingerprint density at radius 2 is 1.95 bits per heavy atom. The normalized spacial score (nSPS) is 11.2. The van der Waals surface area contributed by atoms with Gasteiger partial charge in [0.2, 0.25) is 0 Å². The van der Waals surface area contributed by atoms with E-state index in [0.717, 1.165) is 5.56 Å². The highest BCUT2D eigenvalue weighted by Gasteiger charge is 2.17. The molecule has 0 spiro atoms. The molecule has 0 radical (unpaired) electrons. The molecule has 1 rings (SSSR count). The minimum atomic E-state index is -0.668. The molecule has 0 aliphatic carbocycles. The van der Waals surface area contributed by atoms with Gasteiger partial charge >= 0.3 is 6.09 Å². The van der Waals surface area contributed by atoms with E-state index in [1.165, 1.54) is 6.08 Å². The van der Waals surface area contributed by atoms with Gasteiger partial charge in [0.25, 0.3) is 0 Å². The zero-order valence-electron chi connectivity index (χ0n) is 10.7. The van der Waals surface area contributed by atoms with Crippen molar-refractivity contribution in [3.63, 3.8) is 0 Å².